The van der Waals surface area contributed by atoms with Gasteiger partial charge in [-0.2, -0.15) is 0 Å². The van der Waals surface area contributed by atoms with Gasteiger partial charge in [-0.05, 0) is 42.5 Å². The SMILES string of the molecule is O=C(c1ccc(C(=O)N2CC(CC3CCC3)C2)cc1)N1CCOCC1. The molecule has 25 heavy (non-hydrogen) atoms. The first-order valence-corrected chi connectivity index (χ1v) is 9.47. The number of ether oxygens (including phenoxy) is 1. The average Bonchev–Trinajstić information content (AvgIpc) is 2.59. The number of likely N-dealkylation sites (tertiary alicyclic amines) is 1. The van der Waals surface area contributed by atoms with Crippen LogP contribution in [-0.2, 0) is 4.74 Å². The second kappa shape index (κ2) is 7.16. The summed E-state index contributed by atoms with van der Waals surface area (Å²) in [5.41, 5.74) is 1.32. The summed E-state index contributed by atoms with van der Waals surface area (Å²) in [7, 11) is 0. The van der Waals surface area contributed by atoms with Crippen molar-refractivity contribution in [1.29, 1.82) is 0 Å². The molecule has 0 spiro atoms. The number of carbonyl (C=O) groups is 2. The van der Waals surface area contributed by atoms with Gasteiger partial charge < -0.3 is 14.5 Å². The van der Waals surface area contributed by atoms with E-state index in [9.17, 15) is 9.59 Å². The predicted octanol–water partition coefficient (Wildman–Crippen LogP) is 2.42. The fourth-order valence-corrected chi connectivity index (χ4v) is 3.97. The fourth-order valence-electron chi connectivity index (χ4n) is 3.97. The van der Waals surface area contributed by atoms with E-state index in [2.05, 4.69) is 0 Å². The summed E-state index contributed by atoms with van der Waals surface area (Å²) in [5.74, 6) is 1.71. The van der Waals surface area contributed by atoms with Crippen LogP contribution >= 0.6 is 0 Å². The van der Waals surface area contributed by atoms with Crippen LogP contribution in [-0.4, -0.2) is 61.0 Å². The number of amides is 2. The van der Waals surface area contributed by atoms with E-state index in [0.29, 0.717) is 43.3 Å². The highest BCUT2D eigenvalue weighted by atomic mass is 16.5. The van der Waals surface area contributed by atoms with Crippen molar-refractivity contribution in [3.63, 3.8) is 0 Å². The molecule has 5 nitrogen and oxygen atoms in total. The van der Waals surface area contributed by atoms with Crippen LogP contribution in [0.15, 0.2) is 24.3 Å². The Balaban J connectivity index is 1.30. The van der Waals surface area contributed by atoms with Crippen LogP contribution in [0.2, 0.25) is 0 Å². The lowest BCUT2D eigenvalue weighted by atomic mass is 9.77. The molecule has 0 bridgehead atoms. The van der Waals surface area contributed by atoms with E-state index in [-0.39, 0.29) is 11.8 Å². The van der Waals surface area contributed by atoms with Gasteiger partial charge in [-0.3, -0.25) is 9.59 Å². The lowest BCUT2D eigenvalue weighted by Crippen LogP contribution is -2.50. The molecule has 0 N–H and O–H groups in total. The first-order chi connectivity index (χ1) is 12.2. The molecule has 1 saturated carbocycles. The number of rotatable bonds is 4. The molecule has 2 saturated heterocycles. The van der Waals surface area contributed by atoms with Gasteiger partial charge in [0, 0.05) is 37.3 Å². The molecule has 4 rings (SSSR count). The molecule has 1 aromatic rings. The minimum absolute atomic E-state index is 0.0202. The molecule has 134 valence electrons. The van der Waals surface area contributed by atoms with E-state index < -0.39 is 0 Å². The highest BCUT2D eigenvalue weighted by Crippen LogP contribution is 2.35. The van der Waals surface area contributed by atoms with Crippen molar-refractivity contribution in [2.24, 2.45) is 11.8 Å². The van der Waals surface area contributed by atoms with Crippen LogP contribution in [0.4, 0.5) is 0 Å². The summed E-state index contributed by atoms with van der Waals surface area (Å²) in [6.07, 6.45) is 5.43. The Morgan fingerprint density at radius 1 is 0.880 bits per heavy atom. The van der Waals surface area contributed by atoms with Crippen molar-refractivity contribution in [3.8, 4) is 0 Å². The fraction of sp³-hybridized carbons (Fsp3) is 0.600. The van der Waals surface area contributed by atoms with Gasteiger partial charge in [-0.15, -0.1) is 0 Å². The minimum Gasteiger partial charge on any atom is -0.378 e. The van der Waals surface area contributed by atoms with Crippen molar-refractivity contribution in [2.75, 3.05) is 39.4 Å². The van der Waals surface area contributed by atoms with Crippen molar-refractivity contribution in [1.82, 2.24) is 9.80 Å². The van der Waals surface area contributed by atoms with Gasteiger partial charge in [0.1, 0.15) is 0 Å². The van der Waals surface area contributed by atoms with Crippen LogP contribution in [0, 0.1) is 11.8 Å². The molecule has 0 unspecified atom stereocenters. The van der Waals surface area contributed by atoms with Crippen LogP contribution in [0.5, 0.6) is 0 Å². The predicted molar refractivity (Wildman–Crippen MR) is 94.5 cm³/mol. The maximum atomic E-state index is 12.5. The van der Waals surface area contributed by atoms with Crippen molar-refractivity contribution in [3.05, 3.63) is 35.4 Å². The first-order valence-electron chi connectivity index (χ1n) is 9.47. The van der Waals surface area contributed by atoms with Crippen LogP contribution < -0.4 is 0 Å². The zero-order valence-electron chi connectivity index (χ0n) is 14.7. The van der Waals surface area contributed by atoms with E-state index in [1.165, 1.54) is 25.7 Å². The Morgan fingerprint density at radius 2 is 1.44 bits per heavy atom. The minimum atomic E-state index is 0.0202. The van der Waals surface area contributed by atoms with E-state index in [4.69, 9.17) is 4.74 Å². The van der Waals surface area contributed by atoms with Crippen LogP contribution in [0.25, 0.3) is 0 Å². The highest BCUT2D eigenvalue weighted by Gasteiger charge is 2.34. The lowest BCUT2D eigenvalue weighted by molar-refractivity contribution is 0.0302. The molecule has 3 aliphatic rings. The quantitative estimate of drug-likeness (QED) is 0.844. The molecule has 2 heterocycles. The van der Waals surface area contributed by atoms with Gasteiger partial charge in [-0.1, -0.05) is 19.3 Å². The largest absolute Gasteiger partial charge is 0.378 e. The number of benzene rings is 1. The molecule has 0 atom stereocenters. The third-order valence-electron chi connectivity index (χ3n) is 5.81. The Kier molecular flexibility index (Phi) is 4.75. The topological polar surface area (TPSA) is 49.9 Å². The molecule has 0 radical (unpaired) electrons. The lowest BCUT2D eigenvalue weighted by Gasteiger charge is -2.42. The third kappa shape index (κ3) is 3.56. The summed E-state index contributed by atoms with van der Waals surface area (Å²) >= 11 is 0. The second-order valence-electron chi connectivity index (χ2n) is 7.59. The molecule has 0 aromatic heterocycles. The third-order valence-corrected chi connectivity index (χ3v) is 5.81. The van der Waals surface area contributed by atoms with Crippen molar-refractivity contribution >= 4 is 11.8 Å². The number of hydrogen-bond donors (Lipinski definition) is 0. The molecule has 2 amide bonds. The Bertz CT molecular complexity index is 627. The van der Waals surface area contributed by atoms with Crippen LogP contribution in [0.1, 0.15) is 46.4 Å². The summed E-state index contributed by atoms with van der Waals surface area (Å²) in [6, 6.07) is 7.12. The monoisotopic (exact) mass is 342 g/mol. The zero-order chi connectivity index (χ0) is 17.2. The van der Waals surface area contributed by atoms with E-state index in [0.717, 1.165) is 19.0 Å². The van der Waals surface area contributed by atoms with Crippen LogP contribution in [0.3, 0.4) is 0 Å². The maximum absolute atomic E-state index is 12.5. The van der Waals surface area contributed by atoms with Gasteiger partial charge in [0.25, 0.3) is 11.8 Å². The molecular weight excluding hydrogens is 316 g/mol. The second-order valence-corrected chi connectivity index (χ2v) is 7.59. The normalized spacial score (nSPS) is 21.6. The highest BCUT2D eigenvalue weighted by molar-refractivity contribution is 5.98. The van der Waals surface area contributed by atoms with E-state index in [1.54, 1.807) is 29.2 Å². The molecule has 1 aliphatic carbocycles. The molecule has 5 heteroatoms. The standard InChI is InChI=1S/C20H26N2O3/c23-19(21-8-10-25-11-9-21)17-4-6-18(7-5-17)20(24)22-13-16(14-22)12-15-2-1-3-15/h4-7,15-16H,1-3,8-14H2. The van der Waals surface area contributed by atoms with Gasteiger partial charge in [-0.25, -0.2) is 0 Å². The van der Waals surface area contributed by atoms with E-state index >= 15 is 0 Å². The molecule has 3 fully saturated rings. The summed E-state index contributed by atoms with van der Waals surface area (Å²) < 4.78 is 5.28. The number of carbonyl (C=O) groups excluding carboxylic acids is 2. The van der Waals surface area contributed by atoms with Gasteiger partial charge in [0.15, 0.2) is 0 Å². The number of hydrogen-bond acceptors (Lipinski definition) is 3. The summed E-state index contributed by atoms with van der Waals surface area (Å²) in [6.45, 7) is 4.25. The average molecular weight is 342 g/mol. The maximum Gasteiger partial charge on any atom is 0.254 e. The molecule has 1 aromatic carbocycles. The van der Waals surface area contributed by atoms with Crippen molar-refractivity contribution in [2.45, 2.75) is 25.7 Å². The number of nitrogens with zero attached hydrogens (tertiary/aromatic N) is 2. The Hall–Kier alpha value is -1.88. The summed E-state index contributed by atoms with van der Waals surface area (Å²) in [5, 5.41) is 0. The Morgan fingerprint density at radius 3 is 1.96 bits per heavy atom. The Labute approximate surface area is 148 Å². The number of morpholine rings is 1. The van der Waals surface area contributed by atoms with E-state index in [1.807, 2.05) is 4.90 Å². The smallest absolute Gasteiger partial charge is 0.254 e. The van der Waals surface area contributed by atoms with Crippen molar-refractivity contribution < 1.29 is 14.3 Å². The summed E-state index contributed by atoms with van der Waals surface area (Å²) in [4.78, 5) is 28.7. The van der Waals surface area contributed by atoms with Gasteiger partial charge in [0.2, 0.25) is 0 Å². The zero-order valence-corrected chi connectivity index (χ0v) is 14.7. The molecular formula is C20H26N2O3. The first kappa shape index (κ1) is 16.6. The molecule has 2 aliphatic heterocycles. The van der Waals surface area contributed by atoms with Gasteiger partial charge >= 0.3 is 0 Å². The van der Waals surface area contributed by atoms with Gasteiger partial charge in [0.05, 0.1) is 13.2 Å².